The SMILES string of the molecule is Cc1cc(C(=O)CCC(=O)NC(CCC(=O)O)Cc2ccccc2)c(C)s1. The number of hydrogen-bond acceptors (Lipinski definition) is 4. The second-order valence-electron chi connectivity index (χ2n) is 6.64. The number of aliphatic carboxylic acids is 1. The number of carboxylic acids is 1. The summed E-state index contributed by atoms with van der Waals surface area (Å²) in [4.78, 5) is 37.6. The van der Waals surface area contributed by atoms with Crippen LogP contribution in [0.3, 0.4) is 0 Å². The summed E-state index contributed by atoms with van der Waals surface area (Å²) in [5, 5.41) is 11.8. The lowest BCUT2D eigenvalue weighted by Crippen LogP contribution is -2.37. The van der Waals surface area contributed by atoms with E-state index in [4.69, 9.17) is 5.11 Å². The summed E-state index contributed by atoms with van der Waals surface area (Å²) in [6.45, 7) is 3.87. The molecule has 1 unspecified atom stereocenters. The van der Waals surface area contributed by atoms with Crippen LogP contribution in [-0.4, -0.2) is 28.8 Å². The Morgan fingerprint density at radius 2 is 1.78 bits per heavy atom. The van der Waals surface area contributed by atoms with Crippen molar-refractivity contribution in [3.8, 4) is 0 Å². The molecule has 0 aliphatic heterocycles. The number of nitrogens with one attached hydrogen (secondary N) is 1. The van der Waals surface area contributed by atoms with E-state index < -0.39 is 5.97 Å². The van der Waals surface area contributed by atoms with Crippen molar-refractivity contribution in [2.45, 2.75) is 52.0 Å². The first kappa shape index (κ1) is 20.8. The number of carbonyl (C=O) groups excluding carboxylic acids is 2. The summed E-state index contributed by atoms with van der Waals surface area (Å²) in [6, 6.07) is 11.2. The minimum Gasteiger partial charge on any atom is -0.481 e. The Bertz CT molecular complexity index is 798. The Morgan fingerprint density at radius 3 is 2.37 bits per heavy atom. The molecule has 144 valence electrons. The highest BCUT2D eigenvalue weighted by Gasteiger charge is 2.17. The molecule has 0 saturated heterocycles. The predicted molar refractivity (Wildman–Crippen MR) is 106 cm³/mol. The fourth-order valence-corrected chi connectivity index (χ4v) is 3.93. The molecule has 1 aromatic carbocycles. The van der Waals surface area contributed by atoms with E-state index in [0.29, 0.717) is 18.4 Å². The third-order valence-electron chi connectivity index (χ3n) is 4.32. The Hall–Kier alpha value is -2.47. The van der Waals surface area contributed by atoms with E-state index in [2.05, 4.69) is 5.32 Å². The van der Waals surface area contributed by atoms with Crippen molar-refractivity contribution in [1.82, 2.24) is 5.32 Å². The first-order valence-corrected chi connectivity index (χ1v) is 9.82. The number of thiophene rings is 1. The summed E-state index contributed by atoms with van der Waals surface area (Å²) < 4.78 is 0. The van der Waals surface area contributed by atoms with Crippen LogP contribution in [0.15, 0.2) is 36.4 Å². The molecule has 6 heteroatoms. The van der Waals surface area contributed by atoms with Gasteiger partial charge in [0.15, 0.2) is 5.78 Å². The lowest BCUT2D eigenvalue weighted by atomic mass is 10.0. The van der Waals surface area contributed by atoms with Crippen molar-refractivity contribution in [3.63, 3.8) is 0 Å². The molecule has 1 heterocycles. The number of carboxylic acid groups (broad SMARTS) is 1. The minimum absolute atomic E-state index is 0.00984. The van der Waals surface area contributed by atoms with Gasteiger partial charge in [0, 0.05) is 40.6 Å². The molecule has 5 nitrogen and oxygen atoms in total. The fraction of sp³-hybridized carbons (Fsp3) is 0.381. The quantitative estimate of drug-likeness (QED) is 0.605. The Kier molecular flexibility index (Phi) is 7.73. The zero-order chi connectivity index (χ0) is 19.8. The van der Waals surface area contributed by atoms with Gasteiger partial charge in [-0.3, -0.25) is 14.4 Å². The van der Waals surface area contributed by atoms with Crippen LogP contribution in [0, 0.1) is 13.8 Å². The average Bonchev–Trinajstić information content (AvgIpc) is 2.97. The lowest BCUT2D eigenvalue weighted by Gasteiger charge is -2.18. The molecule has 0 spiro atoms. The smallest absolute Gasteiger partial charge is 0.303 e. The van der Waals surface area contributed by atoms with Crippen molar-refractivity contribution >= 4 is 29.0 Å². The number of Topliss-reactive ketones (excluding diaryl/α,β-unsaturated/α-hetero) is 1. The monoisotopic (exact) mass is 387 g/mol. The van der Waals surface area contributed by atoms with E-state index in [0.717, 1.165) is 15.3 Å². The van der Waals surface area contributed by atoms with E-state index >= 15 is 0 Å². The fourth-order valence-electron chi connectivity index (χ4n) is 2.99. The van der Waals surface area contributed by atoms with Gasteiger partial charge in [-0.25, -0.2) is 0 Å². The van der Waals surface area contributed by atoms with Gasteiger partial charge in [0.05, 0.1) is 0 Å². The second kappa shape index (κ2) is 10.0. The van der Waals surface area contributed by atoms with Crippen LogP contribution in [0.4, 0.5) is 0 Å². The second-order valence-corrected chi connectivity index (χ2v) is 8.10. The minimum atomic E-state index is -0.888. The maximum absolute atomic E-state index is 12.3. The summed E-state index contributed by atoms with van der Waals surface area (Å²) in [6.07, 6.45) is 1.17. The molecule has 0 aliphatic carbocycles. The van der Waals surface area contributed by atoms with Crippen molar-refractivity contribution in [3.05, 3.63) is 57.3 Å². The molecule has 27 heavy (non-hydrogen) atoms. The number of ketones is 1. The van der Waals surface area contributed by atoms with Crippen molar-refractivity contribution < 1.29 is 19.5 Å². The third-order valence-corrected chi connectivity index (χ3v) is 5.28. The number of amides is 1. The van der Waals surface area contributed by atoms with Gasteiger partial charge in [-0.05, 0) is 38.3 Å². The highest BCUT2D eigenvalue weighted by molar-refractivity contribution is 7.12. The largest absolute Gasteiger partial charge is 0.481 e. The maximum atomic E-state index is 12.3. The molecule has 2 aromatic rings. The highest BCUT2D eigenvalue weighted by atomic mass is 32.1. The zero-order valence-corrected chi connectivity index (χ0v) is 16.5. The van der Waals surface area contributed by atoms with Crippen LogP contribution < -0.4 is 5.32 Å². The van der Waals surface area contributed by atoms with Gasteiger partial charge in [0.2, 0.25) is 5.91 Å². The first-order chi connectivity index (χ1) is 12.8. The van der Waals surface area contributed by atoms with E-state index in [1.54, 1.807) is 11.3 Å². The topological polar surface area (TPSA) is 83.5 Å². The molecule has 1 atom stereocenters. The molecule has 0 aliphatic rings. The van der Waals surface area contributed by atoms with Gasteiger partial charge in [0.25, 0.3) is 0 Å². The van der Waals surface area contributed by atoms with E-state index in [-0.39, 0.29) is 37.0 Å². The molecular weight excluding hydrogens is 362 g/mol. The molecule has 0 fully saturated rings. The van der Waals surface area contributed by atoms with Gasteiger partial charge in [-0.1, -0.05) is 30.3 Å². The van der Waals surface area contributed by atoms with Crippen molar-refractivity contribution in [2.75, 3.05) is 0 Å². The molecule has 0 radical (unpaired) electrons. The first-order valence-electron chi connectivity index (χ1n) is 9.00. The molecule has 1 amide bonds. The highest BCUT2D eigenvalue weighted by Crippen LogP contribution is 2.22. The van der Waals surface area contributed by atoms with Crippen LogP contribution >= 0.6 is 11.3 Å². The van der Waals surface area contributed by atoms with Crippen LogP contribution in [0.5, 0.6) is 0 Å². The van der Waals surface area contributed by atoms with E-state index in [1.165, 1.54) is 0 Å². The van der Waals surface area contributed by atoms with Crippen LogP contribution in [-0.2, 0) is 16.0 Å². The number of hydrogen-bond donors (Lipinski definition) is 2. The number of carbonyl (C=O) groups is 3. The summed E-state index contributed by atoms with van der Waals surface area (Å²) in [7, 11) is 0. The summed E-state index contributed by atoms with van der Waals surface area (Å²) >= 11 is 1.58. The number of rotatable bonds is 10. The maximum Gasteiger partial charge on any atom is 0.303 e. The molecule has 2 N–H and O–H groups in total. The Labute approximate surface area is 163 Å². The normalized spacial score (nSPS) is 11.8. The van der Waals surface area contributed by atoms with Crippen LogP contribution in [0.25, 0.3) is 0 Å². The van der Waals surface area contributed by atoms with Gasteiger partial charge >= 0.3 is 5.97 Å². The van der Waals surface area contributed by atoms with E-state index in [9.17, 15) is 14.4 Å². The van der Waals surface area contributed by atoms with Gasteiger partial charge in [-0.15, -0.1) is 11.3 Å². The van der Waals surface area contributed by atoms with Crippen molar-refractivity contribution in [1.29, 1.82) is 0 Å². The standard InChI is InChI=1S/C21H25NO4S/c1-14-12-18(15(2)27-14)19(23)9-10-20(24)22-17(8-11-21(25)26)13-16-6-4-3-5-7-16/h3-7,12,17H,8-11,13H2,1-2H3,(H,22,24)(H,25,26). The number of aryl methyl sites for hydroxylation is 2. The summed E-state index contributed by atoms with van der Waals surface area (Å²) in [5.74, 6) is -1.14. The predicted octanol–water partition coefficient (Wildman–Crippen LogP) is 3.92. The van der Waals surface area contributed by atoms with E-state index in [1.807, 2.05) is 50.2 Å². The third kappa shape index (κ3) is 6.98. The Morgan fingerprint density at radius 1 is 1.07 bits per heavy atom. The van der Waals surface area contributed by atoms with Crippen molar-refractivity contribution in [2.24, 2.45) is 0 Å². The summed E-state index contributed by atoms with van der Waals surface area (Å²) in [5.41, 5.74) is 1.73. The van der Waals surface area contributed by atoms with Crippen LogP contribution in [0.2, 0.25) is 0 Å². The zero-order valence-electron chi connectivity index (χ0n) is 15.7. The lowest BCUT2D eigenvalue weighted by molar-refractivity contribution is -0.137. The molecular formula is C21H25NO4S. The van der Waals surface area contributed by atoms with Crippen LogP contribution in [0.1, 0.15) is 51.4 Å². The molecule has 1 aromatic heterocycles. The van der Waals surface area contributed by atoms with Gasteiger partial charge < -0.3 is 10.4 Å². The molecule has 2 rings (SSSR count). The average molecular weight is 388 g/mol. The Balaban J connectivity index is 1.90. The molecule has 0 bridgehead atoms. The van der Waals surface area contributed by atoms with Gasteiger partial charge in [-0.2, -0.15) is 0 Å². The molecule has 0 saturated carbocycles. The number of benzene rings is 1. The van der Waals surface area contributed by atoms with Gasteiger partial charge in [0.1, 0.15) is 0 Å².